The van der Waals surface area contributed by atoms with Crippen LogP contribution < -0.4 is 5.32 Å². The van der Waals surface area contributed by atoms with Gasteiger partial charge in [-0.05, 0) is 5.41 Å². The Kier molecular flexibility index (Phi) is 6.66. The summed E-state index contributed by atoms with van der Waals surface area (Å²) in [5.74, 6) is -3.25. The third-order valence-electron chi connectivity index (χ3n) is 5.96. The van der Waals surface area contributed by atoms with E-state index in [4.69, 9.17) is 0 Å². The van der Waals surface area contributed by atoms with E-state index in [0.29, 0.717) is 12.2 Å². The second-order valence-corrected chi connectivity index (χ2v) is 9.60. The number of halogens is 2. The number of amides is 2. The summed E-state index contributed by atoms with van der Waals surface area (Å²) >= 11 is 0. The van der Waals surface area contributed by atoms with Gasteiger partial charge in [0.2, 0.25) is 11.8 Å². The lowest BCUT2D eigenvalue weighted by atomic mass is 9.85. The van der Waals surface area contributed by atoms with E-state index >= 15 is 0 Å². The van der Waals surface area contributed by atoms with Gasteiger partial charge in [0.15, 0.2) is 0 Å². The number of carbonyl (C=O) groups excluding carboxylic acids is 2. The molecule has 174 valence electrons. The van der Waals surface area contributed by atoms with Crippen LogP contribution in [-0.4, -0.2) is 86.5 Å². The SMILES string of the molecule is CNC(=O)C1CC(O)CN1C(=O)[C@@H](n1cc(CN2CCC(F)(F)CC2)nn1)C(C)(C)C. The molecule has 2 amide bonds. The number of rotatable bonds is 5. The molecule has 3 heterocycles. The molecule has 2 aliphatic heterocycles. The van der Waals surface area contributed by atoms with Crippen molar-refractivity contribution in [2.75, 3.05) is 26.7 Å². The zero-order valence-electron chi connectivity index (χ0n) is 18.5. The summed E-state index contributed by atoms with van der Waals surface area (Å²) in [6, 6.07) is -1.48. The Morgan fingerprint density at radius 2 is 1.97 bits per heavy atom. The average Bonchev–Trinajstić information content (AvgIpc) is 3.28. The maximum atomic E-state index is 13.5. The van der Waals surface area contributed by atoms with Crippen molar-refractivity contribution >= 4 is 11.8 Å². The van der Waals surface area contributed by atoms with Gasteiger partial charge >= 0.3 is 0 Å². The van der Waals surface area contributed by atoms with Crippen LogP contribution in [0.2, 0.25) is 0 Å². The van der Waals surface area contributed by atoms with E-state index < -0.39 is 29.5 Å². The van der Waals surface area contributed by atoms with Gasteiger partial charge in [0, 0.05) is 52.5 Å². The van der Waals surface area contributed by atoms with Crippen LogP contribution in [0.5, 0.6) is 0 Å². The first-order valence-corrected chi connectivity index (χ1v) is 10.6. The average molecular weight is 443 g/mol. The van der Waals surface area contributed by atoms with E-state index in [-0.39, 0.29) is 50.7 Å². The Labute approximate surface area is 180 Å². The van der Waals surface area contributed by atoms with Crippen LogP contribution in [0, 0.1) is 5.41 Å². The molecule has 0 aromatic carbocycles. The molecule has 2 saturated heterocycles. The molecule has 3 atom stereocenters. The monoisotopic (exact) mass is 442 g/mol. The summed E-state index contributed by atoms with van der Waals surface area (Å²) in [6.07, 6.45) is 0.729. The number of likely N-dealkylation sites (tertiary alicyclic amines) is 2. The van der Waals surface area contributed by atoms with Crippen LogP contribution in [-0.2, 0) is 16.1 Å². The number of aliphatic hydroxyl groups excluding tert-OH is 1. The van der Waals surface area contributed by atoms with E-state index in [1.165, 1.54) is 16.6 Å². The number of hydrogen-bond donors (Lipinski definition) is 2. The van der Waals surface area contributed by atoms with Gasteiger partial charge < -0.3 is 15.3 Å². The molecule has 1 aromatic heterocycles. The lowest BCUT2D eigenvalue weighted by Gasteiger charge is -2.34. The minimum atomic E-state index is -2.61. The molecular weight excluding hydrogens is 410 g/mol. The van der Waals surface area contributed by atoms with Gasteiger partial charge in [-0.25, -0.2) is 13.5 Å². The standard InChI is InChI=1S/C20H32F2N6O3/c1-19(2,3)16(18(31)27-12-14(29)9-15(27)17(30)23-4)28-11-13(24-25-28)10-26-7-5-20(21,22)6-8-26/h11,14-16,29H,5-10,12H2,1-4H3,(H,23,30)/t14?,15?,16-/m1/s1. The van der Waals surface area contributed by atoms with Gasteiger partial charge in [-0.3, -0.25) is 14.5 Å². The minimum Gasteiger partial charge on any atom is -0.391 e. The van der Waals surface area contributed by atoms with Crippen molar-refractivity contribution < 1.29 is 23.5 Å². The molecule has 3 rings (SSSR count). The highest BCUT2D eigenvalue weighted by Crippen LogP contribution is 2.34. The summed E-state index contributed by atoms with van der Waals surface area (Å²) in [7, 11) is 1.50. The summed E-state index contributed by atoms with van der Waals surface area (Å²) in [5, 5.41) is 20.9. The van der Waals surface area contributed by atoms with Crippen LogP contribution >= 0.6 is 0 Å². The maximum absolute atomic E-state index is 13.5. The van der Waals surface area contributed by atoms with Crippen LogP contribution in [0.3, 0.4) is 0 Å². The number of hydrogen-bond acceptors (Lipinski definition) is 6. The Morgan fingerprint density at radius 3 is 2.55 bits per heavy atom. The van der Waals surface area contributed by atoms with Gasteiger partial charge in [-0.15, -0.1) is 5.10 Å². The fraction of sp³-hybridized carbons (Fsp3) is 0.800. The third-order valence-corrected chi connectivity index (χ3v) is 5.96. The molecular formula is C20H32F2N6O3. The number of piperidine rings is 1. The Morgan fingerprint density at radius 1 is 1.32 bits per heavy atom. The number of alkyl halides is 2. The van der Waals surface area contributed by atoms with E-state index in [2.05, 4.69) is 15.6 Å². The van der Waals surface area contributed by atoms with Crippen molar-refractivity contribution in [3.63, 3.8) is 0 Å². The van der Waals surface area contributed by atoms with Crippen molar-refractivity contribution in [3.8, 4) is 0 Å². The van der Waals surface area contributed by atoms with Crippen molar-refractivity contribution in [3.05, 3.63) is 11.9 Å². The first-order chi connectivity index (χ1) is 14.4. The fourth-order valence-corrected chi connectivity index (χ4v) is 4.29. The van der Waals surface area contributed by atoms with Gasteiger partial charge in [0.1, 0.15) is 12.1 Å². The summed E-state index contributed by atoms with van der Waals surface area (Å²) in [4.78, 5) is 29.0. The van der Waals surface area contributed by atoms with Gasteiger partial charge in [0.25, 0.3) is 5.92 Å². The maximum Gasteiger partial charge on any atom is 0.250 e. The highest BCUT2D eigenvalue weighted by atomic mass is 19.3. The number of nitrogens with one attached hydrogen (secondary N) is 1. The molecule has 0 saturated carbocycles. The molecule has 11 heteroatoms. The van der Waals surface area contributed by atoms with Crippen LogP contribution in [0.1, 0.15) is 51.8 Å². The number of aliphatic hydroxyl groups is 1. The molecule has 0 aliphatic carbocycles. The normalized spacial score (nSPS) is 25.5. The topological polar surface area (TPSA) is 104 Å². The van der Waals surface area contributed by atoms with Crippen molar-refractivity contribution in [2.45, 2.75) is 70.7 Å². The van der Waals surface area contributed by atoms with Gasteiger partial charge in [-0.1, -0.05) is 26.0 Å². The van der Waals surface area contributed by atoms with Crippen LogP contribution in [0.4, 0.5) is 8.78 Å². The molecule has 2 unspecified atom stereocenters. The van der Waals surface area contributed by atoms with Crippen molar-refractivity contribution in [2.24, 2.45) is 5.41 Å². The van der Waals surface area contributed by atoms with Gasteiger partial charge in [0.05, 0.1) is 18.0 Å². The first kappa shape index (κ1) is 23.5. The van der Waals surface area contributed by atoms with E-state index in [0.717, 1.165) is 0 Å². The fourth-order valence-electron chi connectivity index (χ4n) is 4.29. The molecule has 2 fully saturated rings. The molecule has 31 heavy (non-hydrogen) atoms. The number of carbonyl (C=O) groups is 2. The molecule has 2 aliphatic rings. The molecule has 2 N–H and O–H groups in total. The number of likely N-dealkylation sites (N-methyl/N-ethyl adjacent to an activating group) is 1. The van der Waals surface area contributed by atoms with E-state index in [1.54, 1.807) is 6.20 Å². The van der Waals surface area contributed by atoms with Crippen molar-refractivity contribution in [1.29, 1.82) is 0 Å². The van der Waals surface area contributed by atoms with Crippen LogP contribution in [0.15, 0.2) is 6.20 Å². The predicted molar refractivity (Wildman–Crippen MR) is 108 cm³/mol. The zero-order chi connectivity index (χ0) is 23.0. The highest BCUT2D eigenvalue weighted by Gasteiger charge is 2.45. The lowest BCUT2D eigenvalue weighted by molar-refractivity contribution is -0.144. The zero-order valence-corrected chi connectivity index (χ0v) is 18.5. The number of nitrogens with zero attached hydrogens (tertiary/aromatic N) is 5. The quantitative estimate of drug-likeness (QED) is 0.699. The second-order valence-electron chi connectivity index (χ2n) is 9.60. The molecule has 1 aromatic rings. The summed E-state index contributed by atoms with van der Waals surface area (Å²) in [5.41, 5.74) is 0.0484. The largest absolute Gasteiger partial charge is 0.391 e. The molecule has 0 bridgehead atoms. The van der Waals surface area contributed by atoms with E-state index in [1.807, 2.05) is 25.7 Å². The summed E-state index contributed by atoms with van der Waals surface area (Å²) in [6.45, 7) is 6.69. The third kappa shape index (κ3) is 5.38. The van der Waals surface area contributed by atoms with Crippen LogP contribution in [0.25, 0.3) is 0 Å². The lowest BCUT2D eigenvalue weighted by Crippen LogP contribution is -2.49. The Bertz CT molecular complexity index is 799. The number of aromatic nitrogens is 3. The minimum absolute atomic E-state index is 0.0764. The highest BCUT2D eigenvalue weighted by molar-refractivity contribution is 5.90. The summed E-state index contributed by atoms with van der Waals surface area (Å²) < 4.78 is 28.3. The van der Waals surface area contributed by atoms with E-state index in [9.17, 15) is 23.5 Å². The van der Waals surface area contributed by atoms with Gasteiger partial charge in [-0.2, -0.15) is 0 Å². The molecule has 9 nitrogen and oxygen atoms in total. The molecule has 0 spiro atoms. The Hall–Kier alpha value is -2.14. The first-order valence-electron chi connectivity index (χ1n) is 10.6. The smallest absolute Gasteiger partial charge is 0.250 e. The molecule has 0 radical (unpaired) electrons. The van der Waals surface area contributed by atoms with Crippen molar-refractivity contribution in [1.82, 2.24) is 30.1 Å². The number of β-amino-alcohol motifs (C(OH)–C–C–N with tert-alkyl or cyclic N) is 1. The second kappa shape index (κ2) is 8.78. The predicted octanol–water partition coefficient (Wildman–Crippen LogP) is 0.804. The Balaban J connectivity index is 1.77.